The van der Waals surface area contributed by atoms with Crippen molar-refractivity contribution >= 4 is 32.8 Å². The van der Waals surface area contributed by atoms with Crippen LogP contribution >= 0.6 is 22.9 Å². The van der Waals surface area contributed by atoms with Gasteiger partial charge >= 0.3 is 0 Å². The van der Waals surface area contributed by atoms with E-state index in [1.807, 2.05) is 11.4 Å². The summed E-state index contributed by atoms with van der Waals surface area (Å²) in [4.78, 5) is 1.14. The SMILES string of the molecule is O=S1(=O)CCCC1CNCc1cc(Cl)cs1. The summed E-state index contributed by atoms with van der Waals surface area (Å²) in [5.74, 6) is 0.351. The molecule has 1 aromatic rings. The van der Waals surface area contributed by atoms with Gasteiger partial charge in [-0.3, -0.25) is 0 Å². The van der Waals surface area contributed by atoms with Crippen LogP contribution in [0.5, 0.6) is 0 Å². The summed E-state index contributed by atoms with van der Waals surface area (Å²) in [5.41, 5.74) is 0. The van der Waals surface area contributed by atoms with Gasteiger partial charge < -0.3 is 5.32 Å². The van der Waals surface area contributed by atoms with Gasteiger partial charge in [-0.15, -0.1) is 11.3 Å². The summed E-state index contributed by atoms with van der Waals surface area (Å²) in [6.45, 7) is 1.25. The van der Waals surface area contributed by atoms with Crippen molar-refractivity contribution in [2.24, 2.45) is 0 Å². The summed E-state index contributed by atoms with van der Waals surface area (Å²) in [6, 6.07) is 1.91. The van der Waals surface area contributed by atoms with E-state index in [2.05, 4.69) is 5.32 Å². The number of sulfone groups is 1. The van der Waals surface area contributed by atoms with E-state index in [-0.39, 0.29) is 5.25 Å². The highest BCUT2D eigenvalue weighted by atomic mass is 35.5. The first-order valence-corrected chi connectivity index (χ1v) is 8.20. The van der Waals surface area contributed by atoms with Crippen molar-refractivity contribution in [3.8, 4) is 0 Å². The fourth-order valence-corrected chi connectivity index (χ4v) is 4.73. The molecule has 1 aromatic heterocycles. The molecule has 1 aliphatic heterocycles. The second kappa shape index (κ2) is 5.04. The first-order chi connectivity index (χ1) is 7.58. The number of rotatable bonds is 4. The molecule has 16 heavy (non-hydrogen) atoms. The highest BCUT2D eigenvalue weighted by Gasteiger charge is 2.30. The van der Waals surface area contributed by atoms with Gasteiger partial charge in [0.1, 0.15) is 0 Å². The predicted octanol–water partition coefficient (Wildman–Crippen LogP) is 2.07. The maximum Gasteiger partial charge on any atom is 0.154 e. The van der Waals surface area contributed by atoms with E-state index in [1.54, 1.807) is 11.3 Å². The zero-order chi connectivity index (χ0) is 11.6. The highest BCUT2D eigenvalue weighted by Crippen LogP contribution is 2.21. The molecule has 1 N–H and O–H groups in total. The molecule has 0 aromatic carbocycles. The Morgan fingerprint density at radius 3 is 2.94 bits per heavy atom. The van der Waals surface area contributed by atoms with Crippen LogP contribution in [0.1, 0.15) is 17.7 Å². The van der Waals surface area contributed by atoms with Crippen LogP contribution in [0.2, 0.25) is 5.02 Å². The van der Waals surface area contributed by atoms with Gasteiger partial charge in [-0.25, -0.2) is 8.42 Å². The van der Waals surface area contributed by atoms with Gasteiger partial charge in [0.25, 0.3) is 0 Å². The number of nitrogens with one attached hydrogen (secondary N) is 1. The molecule has 0 radical (unpaired) electrons. The third kappa shape index (κ3) is 2.97. The van der Waals surface area contributed by atoms with Crippen molar-refractivity contribution in [1.82, 2.24) is 5.32 Å². The molecular weight excluding hydrogens is 266 g/mol. The zero-order valence-electron chi connectivity index (χ0n) is 8.78. The summed E-state index contributed by atoms with van der Waals surface area (Å²) >= 11 is 7.39. The van der Waals surface area contributed by atoms with Crippen LogP contribution in [0.4, 0.5) is 0 Å². The van der Waals surface area contributed by atoms with Gasteiger partial charge in [0.15, 0.2) is 9.84 Å². The fraction of sp³-hybridized carbons (Fsp3) is 0.600. The molecule has 0 aliphatic carbocycles. The van der Waals surface area contributed by atoms with Crippen molar-refractivity contribution < 1.29 is 8.42 Å². The van der Waals surface area contributed by atoms with Gasteiger partial charge in [0.2, 0.25) is 0 Å². The summed E-state index contributed by atoms with van der Waals surface area (Å²) in [7, 11) is -2.82. The maximum atomic E-state index is 11.5. The monoisotopic (exact) mass is 279 g/mol. The highest BCUT2D eigenvalue weighted by molar-refractivity contribution is 7.92. The molecule has 1 saturated heterocycles. The van der Waals surface area contributed by atoms with Crippen molar-refractivity contribution in [3.63, 3.8) is 0 Å². The van der Waals surface area contributed by atoms with Crippen molar-refractivity contribution in [3.05, 3.63) is 21.3 Å². The summed E-state index contributed by atoms with van der Waals surface area (Å²) in [5, 5.41) is 5.62. The minimum absolute atomic E-state index is 0.192. The van der Waals surface area contributed by atoms with E-state index < -0.39 is 9.84 Å². The summed E-state index contributed by atoms with van der Waals surface area (Å²) in [6.07, 6.45) is 1.60. The molecule has 3 nitrogen and oxygen atoms in total. The smallest absolute Gasteiger partial charge is 0.154 e. The van der Waals surface area contributed by atoms with Crippen molar-refractivity contribution in [2.75, 3.05) is 12.3 Å². The third-order valence-electron chi connectivity index (χ3n) is 2.76. The normalized spacial score (nSPS) is 23.7. The minimum Gasteiger partial charge on any atom is -0.311 e. The average molecular weight is 280 g/mol. The quantitative estimate of drug-likeness (QED) is 0.918. The standard InChI is InChI=1S/C10H14ClNO2S2/c11-8-4-9(15-7-8)5-12-6-10-2-1-3-16(10,13)14/h4,7,10,12H,1-3,5-6H2. The lowest BCUT2D eigenvalue weighted by Crippen LogP contribution is -2.29. The van der Waals surface area contributed by atoms with Crippen LogP contribution < -0.4 is 5.32 Å². The predicted molar refractivity (Wildman–Crippen MR) is 67.8 cm³/mol. The van der Waals surface area contributed by atoms with Crippen molar-refractivity contribution in [2.45, 2.75) is 24.6 Å². The maximum absolute atomic E-state index is 11.5. The molecule has 90 valence electrons. The molecule has 1 atom stereocenters. The van der Waals surface area contributed by atoms with E-state index in [9.17, 15) is 8.42 Å². The Balaban J connectivity index is 1.80. The molecule has 0 bridgehead atoms. The fourth-order valence-electron chi connectivity index (χ4n) is 1.89. The molecule has 2 rings (SSSR count). The van der Waals surface area contributed by atoms with Crippen LogP contribution in [-0.4, -0.2) is 26.0 Å². The number of hydrogen-bond acceptors (Lipinski definition) is 4. The Labute approximate surface area is 105 Å². The minimum atomic E-state index is -2.82. The Morgan fingerprint density at radius 2 is 2.38 bits per heavy atom. The Morgan fingerprint density at radius 1 is 1.56 bits per heavy atom. The zero-order valence-corrected chi connectivity index (χ0v) is 11.2. The largest absolute Gasteiger partial charge is 0.311 e. The van der Waals surface area contributed by atoms with E-state index >= 15 is 0 Å². The molecule has 2 heterocycles. The average Bonchev–Trinajstić information content (AvgIpc) is 2.74. The van der Waals surface area contributed by atoms with Crippen LogP contribution in [0.3, 0.4) is 0 Å². The number of halogens is 1. The lowest BCUT2D eigenvalue weighted by Gasteiger charge is -2.09. The van der Waals surface area contributed by atoms with Crippen LogP contribution in [0.25, 0.3) is 0 Å². The van der Waals surface area contributed by atoms with Gasteiger partial charge in [-0.1, -0.05) is 11.6 Å². The van der Waals surface area contributed by atoms with Gasteiger partial charge in [-0.2, -0.15) is 0 Å². The Bertz CT molecular complexity index is 455. The Kier molecular flexibility index (Phi) is 3.89. The second-order valence-electron chi connectivity index (χ2n) is 3.99. The molecule has 1 aliphatic rings. The van der Waals surface area contributed by atoms with E-state index in [0.29, 0.717) is 18.8 Å². The van der Waals surface area contributed by atoms with E-state index in [1.165, 1.54) is 0 Å². The lowest BCUT2D eigenvalue weighted by molar-refractivity contribution is 0.575. The van der Waals surface area contributed by atoms with Crippen LogP contribution in [0.15, 0.2) is 11.4 Å². The van der Waals surface area contributed by atoms with Gasteiger partial charge in [-0.05, 0) is 18.9 Å². The Hall–Kier alpha value is -0.100. The van der Waals surface area contributed by atoms with Crippen LogP contribution in [-0.2, 0) is 16.4 Å². The molecular formula is C10H14ClNO2S2. The molecule has 1 unspecified atom stereocenters. The number of thiophene rings is 1. The number of hydrogen-bond donors (Lipinski definition) is 1. The first-order valence-electron chi connectivity index (χ1n) is 5.23. The summed E-state index contributed by atoms with van der Waals surface area (Å²) < 4.78 is 23.1. The lowest BCUT2D eigenvalue weighted by atomic mass is 10.2. The third-order valence-corrected chi connectivity index (χ3v) is 6.32. The molecule has 0 saturated carbocycles. The molecule has 0 amide bonds. The first kappa shape index (κ1) is 12.4. The molecule has 6 heteroatoms. The van der Waals surface area contributed by atoms with E-state index in [0.717, 1.165) is 22.7 Å². The topological polar surface area (TPSA) is 46.2 Å². The van der Waals surface area contributed by atoms with E-state index in [4.69, 9.17) is 11.6 Å². The molecule has 0 spiro atoms. The van der Waals surface area contributed by atoms with Gasteiger partial charge in [0, 0.05) is 23.3 Å². The van der Waals surface area contributed by atoms with Gasteiger partial charge in [0.05, 0.1) is 16.0 Å². The van der Waals surface area contributed by atoms with Crippen LogP contribution in [0, 0.1) is 0 Å². The second-order valence-corrected chi connectivity index (χ2v) is 7.83. The molecule has 1 fully saturated rings. The van der Waals surface area contributed by atoms with Crippen molar-refractivity contribution in [1.29, 1.82) is 0 Å².